The van der Waals surface area contributed by atoms with E-state index in [9.17, 15) is 4.79 Å². The fourth-order valence-electron chi connectivity index (χ4n) is 3.02. The van der Waals surface area contributed by atoms with Gasteiger partial charge in [-0.1, -0.05) is 18.2 Å². The van der Waals surface area contributed by atoms with E-state index in [0.29, 0.717) is 17.0 Å². The van der Waals surface area contributed by atoms with Crippen molar-refractivity contribution in [1.82, 2.24) is 20.3 Å². The van der Waals surface area contributed by atoms with Crippen molar-refractivity contribution in [3.05, 3.63) is 72.3 Å². The van der Waals surface area contributed by atoms with Crippen LogP contribution in [0.3, 0.4) is 0 Å². The lowest BCUT2D eigenvalue weighted by Gasteiger charge is -2.12. The second kappa shape index (κ2) is 9.44. The topological polar surface area (TPSA) is 90.3 Å². The molecule has 0 fully saturated rings. The molecule has 0 atom stereocenters. The molecule has 0 spiro atoms. The number of aromatic nitrogens is 3. The Morgan fingerprint density at radius 2 is 1.66 bits per heavy atom. The second-order valence-electron chi connectivity index (χ2n) is 6.95. The largest absolute Gasteiger partial charge is 0.497 e. The number of hydrogen-bond donors (Lipinski definition) is 2. The minimum Gasteiger partial charge on any atom is -0.497 e. The van der Waals surface area contributed by atoms with Crippen molar-refractivity contribution in [2.24, 2.45) is 0 Å². The van der Waals surface area contributed by atoms with Crippen molar-refractivity contribution in [2.75, 3.05) is 19.0 Å². The third-order valence-electron chi connectivity index (χ3n) is 4.64. The predicted molar refractivity (Wildman–Crippen MR) is 126 cm³/mol. The Bertz CT molecular complexity index is 1260. The summed E-state index contributed by atoms with van der Waals surface area (Å²) < 4.78 is 10.6. The highest BCUT2D eigenvalue weighted by Crippen LogP contribution is 2.22. The summed E-state index contributed by atoms with van der Waals surface area (Å²) in [6.07, 6.45) is 0. The van der Waals surface area contributed by atoms with Gasteiger partial charge in [-0.2, -0.15) is 4.80 Å². The molecular formula is C23H21N5O3S. The SMILES string of the molecule is COc1ccc(OCC(=O)NC(=S)Nc2cc3nn(-c4ccccc4)nc3cc2C)cc1. The monoisotopic (exact) mass is 447 g/mol. The summed E-state index contributed by atoms with van der Waals surface area (Å²) in [5.41, 5.74) is 4.00. The Morgan fingerprint density at radius 3 is 2.34 bits per heavy atom. The fourth-order valence-corrected chi connectivity index (χ4v) is 3.24. The van der Waals surface area contributed by atoms with Gasteiger partial charge in [-0.15, -0.1) is 10.2 Å². The molecular weight excluding hydrogens is 426 g/mol. The van der Waals surface area contributed by atoms with Crippen molar-refractivity contribution in [1.29, 1.82) is 0 Å². The highest BCUT2D eigenvalue weighted by atomic mass is 32.1. The predicted octanol–water partition coefficient (Wildman–Crippen LogP) is 3.63. The van der Waals surface area contributed by atoms with Gasteiger partial charge in [-0.05, 0) is 73.2 Å². The molecule has 1 heterocycles. The number of thiocarbonyl (C=S) groups is 1. The number of aryl methyl sites for hydroxylation is 1. The van der Waals surface area contributed by atoms with E-state index in [1.165, 1.54) is 0 Å². The average Bonchev–Trinajstić information content (AvgIpc) is 3.21. The number of ether oxygens (including phenoxy) is 2. The highest BCUT2D eigenvalue weighted by Gasteiger charge is 2.11. The molecule has 162 valence electrons. The molecule has 0 aliphatic heterocycles. The van der Waals surface area contributed by atoms with Gasteiger partial charge in [0.25, 0.3) is 5.91 Å². The second-order valence-corrected chi connectivity index (χ2v) is 7.36. The van der Waals surface area contributed by atoms with E-state index in [1.54, 1.807) is 36.2 Å². The van der Waals surface area contributed by atoms with Gasteiger partial charge in [0.05, 0.1) is 12.8 Å². The van der Waals surface area contributed by atoms with Crippen molar-refractivity contribution in [2.45, 2.75) is 6.92 Å². The molecule has 1 aromatic heterocycles. The first-order valence-corrected chi connectivity index (χ1v) is 10.2. The normalized spacial score (nSPS) is 10.6. The maximum Gasteiger partial charge on any atom is 0.264 e. The Balaban J connectivity index is 1.38. The zero-order valence-corrected chi connectivity index (χ0v) is 18.3. The Kier molecular flexibility index (Phi) is 6.27. The van der Waals surface area contributed by atoms with Crippen LogP contribution < -0.4 is 20.1 Å². The summed E-state index contributed by atoms with van der Waals surface area (Å²) in [6, 6.07) is 20.4. The van der Waals surface area contributed by atoms with Crippen molar-refractivity contribution < 1.29 is 14.3 Å². The molecule has 4 aromatic rings. The molecule has 0 saturated heterocycles. The first-order valence-electron chi connectivity index (χ1n) is 9.82. The molecule has 2 N–H and O–H groups in total. The van der Waals surface area contributed by atoms with Gasteiger partial charge in [0.15, 0.2) is 11.7 Å². The minimum atomic E-state index is -0.368. The summed E-state index contributed by atoms with van der Waals surface area (Å²) in [5, 5.41) is 14.9. The van der Waals surface area contributed by atoms with Crippen LogP contribution in [0.1, 0.15) is 5.56 Å². The summed E-state index contributed by atoms with van der Waals surface area (Å²) in [6.45, 7) is 1.76. The van der Waals surface area contributed by atoms with Crippen LogP contribution in [-0.2, 0) is 4.79 Å². The van der Waals surface area contributed by atoms with Gasteiger partial charge in [0, 0.05) is 5.69 Å². The fraction of sp³-hybridized carbons (Fsp3) is 0.130. The molecule has 0 aliphatic rings. The van der Waals surface area contributed by atoms with Gasteiger partial charge in [0.1, 0.15) is 22.5 Å². The number of para-hydroxylation sites is 1. The molecule has 8 nitrogen and oxygen atoms in total. The third kappa shape index (κ3) is 5.01. The molecule has 9 heteroatoms. The summed E-state index contributed by atoms with van der Waals surface area (Å²) in [4.78, 5) is 13.8. The van der Waals surface area contributed by atoms with Crippen molar-refractivity contribution in [3.8, 4) is 17.2 Å². The number of rotatable bonds is 6. The number of methoxy groups -OCH3 is 1. The molecule has 32 heavy (non-hydrogen) atoms. The lowest BCUT2D eigenvalue weighted by atomic mass is 10.2. The number of carbonyl (C=O) groups excluding carboxylic acids is 1. The number of amides is 1. The van der Waals surface area contributed by atoms with Gasteiger partial charge in [-0.3, -0.25) is 10.1 Å². The van der Waals surface area contributed by atoms with Crippen LogP contribution in [0.15, 0.2) is 66.7 Å². The number of nitrogens with zero attached hydrogens (tertiary/aromatic N) is 3. The van der Waals surface area contributed by atoms with E-state index in [1.807, 2.05) is 49.4 Å². The van der Waals surface area contributed by atoms with Crippen LogP contribution in [0.4, 0.5) is 5.69 Å². The number of benzene rings is 3. The van der Waals surface area contributed by atoms with E-state index in [0.717, 1.165) is 22.5 Å². The van der Waals surface area contributed by atoms with Crippen molar-refractivity contribution >= 4 is 40.0 Å². The van der Waals surface area contributed by atoms with Crippen LogP contribution >= 0.6 is 12.2 Å². The van der Waals surface area contributed by atoms with E-state index in [4.69, 9.17) is 21.7 Å². The van der Waals surface area contributed by atoms with Crippen LogP contribution in [0.5, 0.6) is 11.5 Å². The lowest BCUT2D eigenvalue weighted by Crippen LogP contribution is -2.37. The van der Waals surface area contributed by atoms with Gasteiger partial charge in [-0.25, -0.2) is 0 Å². The van der Waals surface area contributed by atoms with E-state index >= 15 is 0 Å². The minimum absolute atomic E-state index is 0.169. The molecule has 1 amide bonds. The van der Waals surface area contributed by atoms with E-state index < -0.39 is 0 Å². The Labute approximate surface area is 190 Å². The Morgan fingerprint density at radius 1 is 1.00 bits per heavy atom. The molecule has 4 rings (SSSR count). The first kappa shape index (κ1) is 21.3. The quantitative estimate of drug-likeness (QED) is 0.436. The van der Waals surface area contributed by atoms with Crippen LogP contribution in [-0.4, -0.2) is 39.7 Å². The van der Waals surface area contributed by atoms with E-state index in [2.05, 4.69) is 20.8 Å². The lowest BCUT2D eigenvalue weighted by molar-refractivity contribution is -0.121. The number of nitrogens with one attached hydrogen (secondary N) is 2. The zero-order valence-electron chi connectivity index (χ0n) is 17.5. The summed E-state index contributed by atoms with van der Waals surface area (Å²) in [7, 11) is 1.59. The van der Waals surface area contributed by atoms with Crippen LogP contribution in [0.25, 0.3) is 16.7 Å². The molecule has 0 bridgehead atoms. The average molecular weight is 448 g/mol. The Hall–Kier alpha value is -3.98. The zero-order chi connectivity index (χ0) is 22.5. The first-order chi connectivity index (χ1) is 15.5. The number of carbonyl (C=O) groups is 1. The van der Waals surface area contributed by atoms with Gasteiger partial charge in [0.2, 0.25) is 0 Å². The van der Waals surface area contributed by atoms with Crippen LogP contribution in [0.2, 0.25) is 0 Å². The number of hydrogen-bond acceptors (Lipinski definition) is 6. The smallest absolute Gasteiger partial charge is 0.264 e. The maximum atomic E-state index is 12.2. The molecule has 0 saturated carbocycles. The van der Waals surface area contributed by atoms with Crippen LogP contribution in [0, 0.1) is 6.92 Å². The standard InChI is InChI=1S/C23H21N5O3S/c1-15-12-20-21(27-28(26-20)16-6-4-3-5-7-16)13-19(15)24-23(32)25-22(29)14-31-18-10-8-17(30-2)9-11-18/h3-13H,14H2,1-2H3,(H2,24,25,29,32). The third-order valence-corrected chi connectivity index (χ3v) is 4.85. The molecule has 0 aliphatic carbocycles. The van der Waals surface area contributed by atoms with Gasteiger partial charge >= 0.3 is 0 Å². The highest BCUT2D eigenvalue weighted by molar-refractivity contribution is 7.80. The van der Waals surface area contributed by atoms with E-state index in [-0.39, 0.29) is 17.6 Å². The molecule has 0 radical (unpaired) electrons. The van der Waals surface area contributed by atoms with Gasteiger partial charge < -0.3 is 14.8 Å². The summed E-state index contributed by atoms with van der Waals surface area (Å²) >= 11 is 5.28. The maximum absolute atomic E-state index is 12.2. The number of anilines is 1. The number of fused-ring (bicyclic) bond motifs is 1. The van der Waals surface area contributed by atoms with Crippen molar-refractivity contribution in [3.63, 3.8) is 0 Å². The summed E-state index contributed by atoms with van der Waals surface area (Å²) in [5.74, 6) is 0.901. The molecule has 3 aromatic carbocycles. The molecule has 0 unspecified atom stereocenters.